The lowest BCUT2D eigenvalue weighted by Crippen LogP contribution is -2.18. The lowest BCUT2D eigenvalue weighted by Gasteiger charge is -2.14. The predicted octanol–water partition coefficient (Wildman–Crippen LogP) is 4.73. The zero-order valence-electron chi connectivity index (χ0n) is 13.9. The molecule has 0 heterocycles. The van der Waals surface area contributed by atoms with Crippen molar-refractivity contribution >= 4 is 11.8 Å². The van der Waals surface area contributed by atoms with Gasteiger partial charge in [-0.2, -0.15) is 0 Å². The molecule has 1 aromatic rings. The smallest absolute Gasteiger partial charge is 0.0587 e. The van der Waals surface area contributed by atoms with Crippen LogP contribution in [0.5, 0.6) is 0 Å². The van der Waals surface area contributed by atoms with E-state index in [1.165, 1.54) is 41.9 Å². The quantitative estimate of drug-likeness (QED) is 0.445. The predicted molar refractivity (Wildman–Crippen MR) is 94.1 cm³/mol. The molecule has 0 aliphatic carbocycles. The van der Waals surface area contributed by atoms with Crippen LogP contribution in [0.25, 0.3) is 0 Å². The second kappa shape index (κ2) is 12.1. The van der Waals surface area contributed by atoms with Gasteiger partial charge in [-0.25, -0.2) is 0 Å². The minimum atomic E-state index is 0.768. The summed E-state index contributed by atoms with van der Waals surface area (Å²) in [4.78, 5) is 1.39. The number of benzene rings is 1. The molecule has 0 aromatic heterocycles. The van der Waals surface area contributed by atoms with Gasteiger partial charge in [-0.1, -0.05) is 45.2 Å². The van der Waals surface area contributed by atoms with Gasteiger partial charge in [0, 0.05) is 30.8 Å². The Labute approximate surface area is 135 Å². The third kappa shape index (κ3) is 8.50. The highest BCUT2D eigenvalue weighted by atomic mass is 32.2. The molecule has 0 fully saturated rings. The molecule has 1 unspecified atom stereocenters. The largest absolute Gasteiger partial charge is 0.383 e. The van der Waals surface area contributed by atoms with Crippen LogP contribution in [0.2, 0.25) is 0 Å². The van der Waals surface area contributed by atoms with E-state index in [4.69, 9.17) is 4.74 Å². The number of hydrogen-bond acceptors (Lipinski definition) is 3. The van der Waals surface area contributed by atoms with E-state index in [0.717, 1.165) is 25.6 Å². The van der Waals surface area contributed by atoms with E-state index in [9.17, 15) is 0 Å². The van der Waals surface area contributed by atoms with Crippen LogP contribution in [0.3, 0.4) is 0 Å². The van der Waals surface area contributed by atoms with Crippen molar-refractivity contribution in [2.45, 2.75) is 51.0 Å². The molecular formula is C18H31NOS. The summed E-state index contributed by atoms with van der Waals surface area (Å²) in [6.45, 7) is 7.18. The van der Waals surface area contributed by atoms with Gasteiger partial charge in [0.25, 0.3) is 0 Å². The Balaban J connectivity index is 2.29. The van der Waals surface area contributed by atoms with E-state index < -0.39 is 0 Å². The average Bonchev–Trinajstić information content (AvgIpc) is 2.53. The normalized spacial score (nSPS) is 12.5. The van der Waals surface area contributed by atoms with E-state index >= 15 is 0 Å². The fraction of sp³-hybridized carbons (Fsp3) is 0.667. The SMILES string of the molecule is CCCCC(CC)CSc1ccc(CNCCOC)cc1. The number of unbranched alkanes of at least 4 members (excludes halogenated alkanes) is 1. The van der Waals surface area contributed by atoms with Gasteiger partial charge in [0.15, 0.2) is 0 Å². The van der Waals surface area contributed by atoms with Crippen LogP contribution < -0.4 is 5.32 Å². The molecule has 1 N–H and O–H groups in total. The Hall–Kier alpha value is -0.510. The summed E-state index contributed by atoms with van der Waals surface area (Å²) >= 11 is 2.00. The molecule has 0 saturated heterocycles. The highest BCUT2D eigenvalue weighted by Crippen LogP contribution is 2.25. The fourth-order valence-electron chi connectivity index (χ4n) is 2.22. The van der Waals surface area contributed by atoms with Crippen molar-refractivity contribution in [2.75, 3.05) is 26.0 Å². The van der Waals surface area contributed by atoms with Crippen molar-refractivity contribution < 1.29 is 4.74 Å². The van der Waals surface area contributed by atoms with Gasteiger partial charge < -0.3 is 10.1 Å². The second-order valence-electron chi connectivity index (χ2n) is 5.54. The Kier molecular flexibility index (Phi) is 10.7. The molecule has 0 bridgehead atoms. The van der Waals surface area contributed by atoms with Crippen LogP contribution in [0.4, 0.5) is 0 Å². The first kappa shape index (κ1) is 18.5. The topological polar surface area (TPSA) is 21.3 Å². The first-order chi connectivity index (χ1) is 10.3. The zero-order chi connectivity index (χ0) is 15.3. The first-order valence-electron chi connectivity index (χ1n) is 8.21. The number of thioether (sulfide) groups is 1. The molecule has 2 nitrogen and oxygen atoms in total. The van der Waals surface area contributed by atoms with Gasteiger partial charge in [0.2, 0.25) is 0 Å². The van der Waals surface area contributed by atoms with Crippen LogP contribution in [0.1, 0.15) is 45.1 Å². The van der Waals surface area contributed by atoms with Crippen molar-refractivity contribution in [3.63, 3.8) is 0 Å². The van der Waals surface area contributed by atoms with Crippen LogP contribution >= 0.6 is 11.8 Å². The summed E-state index contributed by atoms with van der Waals surface area (Å²) in [5, 5.41) is 3.37. The van der Waals surface area contributed by atoms with Gasteiger partial charge in [-0.05, 0) is 30.0 Å². The average molecular weight is 310 g/mol. The highest BCUT2D eigenvalue weighted by molar-refractivity contribution is 7.99. The standard InChI is InChI=1S/C18H31NOS/c1-4-6-7-16(5-2)15-21-18-10-8-17(9-11-18)14-19-12-13-20-3/h8-11,16,19H,4-7,12-15H2,1-3H3. The maximum absolute atomic E-state index is 5.03. The molecule has 0 radical (unpaired) electrons. The number of ether oxygens (including phenoxy) is 1. The Morgan fingerprint density at radius 2 is 1.95 bits per heavy atom. The van der Waals surface area contributed by atoms with Crippen molar-refractivity contribution in [3.8, 4) is 0 Å². The summed E-state index contributed by atoms with van der Waals surface area (Å²) in [6.07, 6.45) is 5.35. The summed E-state index contributed by atoms with van der Waals surface area (Å²) in [7, 11) is 1.73. The Morgan fingerprint density at radius 3 is 2.57 bits per heavy atom. The molecule has 0 spiro atoms. The summed E-state index contributed by atoms with van der Waals surface area (Å²) in [5.41, 5.74) is 1.34. The maximum atomic E-state index is 5.03. The third-order valence-corrected chi connectivity index (χ3v) is 5.01. The molecule has 1 atom stereocenters. The maximum Gasteiger partial charge on any atom is 0.0587 e. The Morgan fingerprint density at radius 1 is 1.19 bits per heavy atom. The molecule has 1 aromatic carbocycles. The minimum absolute atomic E-state index is 0.768. The van der Waals surface area contributed by atoms with E-state index in [1.807, 2.05) is 11.8 Å². The molecule has 0 saturated carbocycles. The molecule has 1 rings (SSSR count). The van der Waals surface area contributed by atoms with Gasteiger partial charge >= 0.3 is 0 Å². The van der Waals surface area contributed by atoms with E-state index in [2.05, 4.69) is 43.4 Å². The fourth-order valence-corrected chi connectivity index (χ4v) is 3.38. The summed E-state index contributed by atoms with van der Waals surface area (Å²) in [6, 6.07) is 8.97. The van der Waals surface area contributed by atoms with Gasteiger partial charge in [-0.3, -0.25) is 0 Å². The molecule has 120 valence electrons. The lowest BCUT2D eigenvalue weighted by atomic mass is 10.0. The van der Waals surface area contributed by atoms with E-state index in [0.29, 0.717) is 0 Å². The van der Waals surface area contributed by atoms with Crippen LogP contribution in [-0.2, 0) is 11.3 Å². The monoisotopic (exact) mass is 309 g/mol. The third-order valence-electron chi connectivity index (χ3n) is 3.76. The zero-order valence-corrected chi connectivity index (χ0v) is 14.7. The van der Waals surface area contributed by atoms with Crippen molar-refractivity contribution in [1.29, 1.82) is 0 Å². The summed E-state index contributed by atoms with van der Waals surface area (Å²) < 4.78 is 5.03. The van der Waals surface area contributed by atoms with Gasteiger partial charge in [0.05, 0.1) is 6.61 Å². The number of methoxy groups -OCH3 is 1. The van der Waals surface area contributed by atoms with Gasteiger partial charge in [-0.15, -0.1) is 11.8 Å². The lowest BCUT2D eigenvalue weighted by molar-refractivity contribution is 0.199. The number of hydrogen-bond donors (Lipinski definition) is 1. The van der Waals surface area contributed by atoms with E-state index in [1.54, 1.807) is 7.11 Å². The molecule has 0 aliphatic heterocycles. The van der Waals surface area contributed by atoms with E-state index in [-0.39, 0.29) is 0 Å². The van der Waals surface area contributed by atoms with Gasteiger partial charge in [0.1, 0.15) is 0 Å². The molecule has 3 heteroatoms. The first-order valence-corrected chi connectivity index (χ1v) is 9.20. The van der Waals surface area contributed by atoms with Crippen LogP contribution in [0.15, 0.2) is 29.2 Å². The van der Waals surface area contributed by atoms with Crippen LogP contribution in [-0.4, -0.2) is 26.0 Å². The number of rotatable bonds is 12. The molecule has 0 amide bonds. The van der Waals surface area contributed by atoms with Crippen LogP contribution in [0, 0.1) is 5.92 Å². The van der Waals surface area contributed by atoms with Crippen molar-refractivity contribution in [1.82, 2.24) is 5.32 Å². The molecular weight excluding hydrogens is 278 g/mol. The summed E-state index contributed by atoms with van der Waals surface area (Å²) in [5.74, 6) is 2.12. The van der Waals surface area contributed by atoms with Crippen molar-refractivity contribution in [2.24, 2.45) is 5.92 Å². The van der Waals surface area contributed by atoms with Crippen molar-refractivity contribution in [3.05, 3.63) is 29.8 Å². The molecule has 0 aliphatic rings. The molecule has 21 heavy (non-hydrogen) atoms. The Bertz CT molecular complexity index is 353. The minimum Gasteiger partial charge on any atom is -0.383 e. The highest BCUT2D eigenvalue weighted by Gasteiger charge is 2.06. The second-order valence-corrected chi connectivity index (χ2v) is 6.63. The number of nitrogens with one attached hydrogen (secondary N) is 1.